The third-order valence-electron chi connectivity index (χ3n) is 4.29. The van der Waals surface area contributed by atoms with Gasteiger partial charge in [0.25, 0.3) is 11.8 Å². The Kier molecular flexibility index (Phi) is 4.81. The summed E-state index contributed by atoms with van der Waals surface area (Å²) < 4.78 is 0. The molecule has 4 amide bonds. The molecule has 28 heavy (non-hydrogen) atoms. The minimum atomic E-state index is -0.859. The Morgan fingerprint density at radius 2 is 1.64 bits per heavy atom. The lowest BCUT2D eigenvalue weighted by Crippen LogP contribution is -2.53. The van der Waals surface area contributed by atoms with E-state index in [0.29, 0.717) is 16.3 Å². The van der Waals surface area contributed by atoms with E-state index in [-0.39, 0.29) is 6.42 Å². The molecule has 0 bridgehead atoms. The van der Waals surface area contributed by atoms with E-state index in [1.165, 1.54) is 5.51 Å². The molecule has 0 radical (unpaired) electrons. The number of urea groups is 1. The first-order chi connectivity index (χ1) is 13.6. The smallest absolute Gasteiger partial charge is 0.317 e. The number of imide groups is 1. The van der Waals surface area contributed by atoms with Crippen LogP contribution in [-0.4, -0.2) is 39.1 Å². The van der Waals surface area contributed by atoms with E-state index in [1.807, 2.05) is 30.3 Å². The number of fused-ring (bicyclic) bond motifs is 1. The van der Waals surface area contributed by atoms with Crippen molar-refractivity contribution in [3.8, 4) is 0 Å². The molecule has 0 spiro atoms. The normalized spacial score (nSPS) is 13.9. The zero-order chi connectivity index (χ0) is 19.5. The molecule has 1 aliphatic rings. The molecule has 4 rings (SSSR count). The molecule has 1 aromatic heterocycles. The van der Waals surface area contributed by atoms with Crippen LogP contribution in [0.4, 0.5) is 9.93 Å². The average molecular weight is 393 g/mol. The van der Waals surface area contributed by atoms with Gasteiger partial charge in [-0.15, -0.1) is 10.2 Å². The fourth-order valence-corrected chi connectivity index (χ4v) is 3.49. The van der Waals surface area contributed by atoms with Crippen molar-refractivity contribution < 1.29 is 14.4 Å². The van der Waals surface area contributed by atoms with Gasteiger partial charge < -0.3 is 5.32 Å². The summed E-state index contributed by atoms with van der Waals surface area (Å²) in [6.07, 6.45) is -0.585. The number of anilines is 1. The Hall–Kier alpha value is -3.59. The fourth-order valence-electron chi connectivity index (χ4n) is 3.05. The molecule has 8 nitrogen and oxygen atoms in total. The van der Waals surface area contributed by atoms with Gasteiger partial charge in [-0.2, -0.15) is 0 Å². The highest BCUT2D eigenvalue weighted by molar-refractivity contribution is 7.13. The summed E-state index contributed by atoms with van der Waals surface area (Å²) in [6.45, 7) is 0. The second-order valence-corrected chi connectivity index (χ2v) is 6.91. The van der Waals surface area contributed by atoms with Crippen LogP contribution in [0.15, 0.2) is 60.1 Å². The molecular weight excluding hydrogens is 378 g/mol. The van der Waals surface area contributed by atoms with Crippen LogP contribution in [0.1, 0.15) is 26.3 Å². The van der Waals surface area contributed by atoms with Crippen molar-refractivity contribution in [1.82, 2.24) is 20.4 Å². The molecule has 1 atom stereocenters. The van der Waals surface area contributed by atoms with E-state index < -0.39 is 24.0 Å². The van der Waals surface area contributed by atoms with Gasteiger partial charge in [0, 0.05) is 6.42 Å². The lowest BCUT2D eigenvalue weighted by molar-refractivity contribution is 0.0565. The molecule has 0 aliphatic carbocycles. The first-order valence-corrected chi connectivity index (χ1v) is 9.36. The topological polar surface area (TPSA) is 104 Å². The maximum atomic E-state index is 12.9. The van der Waals surface area contributed by atoms with Gasteiger partial charge in [-0.3, -0.25) is 19.8 Å². The summed E-state index contributed by atoms with van der Waals surface area (Å²) in [6, 6.07) is 15.4. The van der Waals surface area contributed by atoms with Crippen LogP contribution < -0.4 is 10.6 Å². The number of benzene rings is 2. The standard InChI is InChI=1S/C19H15N5O3S/c25-16-13-8-4-5-9-14(13)17(26)24(16)15(10-12-6-2-1-3-7-12)21-18(27)22-19-23-20-11-28-19/h1-9,11,15H,10H2,(H2,21,22,23,27). The van der Waals surface area contributed by atoms with E-state index in [0.717, 1.165) is 21.8 Å². The molecule has 2 heterocycles. The van der Waals surface area contributed by atoms with Crippen molar-refractivity contribution in [3.05, 3.63) is 76.8 Å². The van der Waals surface area contributed by atoms with Gasteiger partial charge in [-0.05, 0) is 17.7 Å². The van der Waals surface area contributed by atoms with Crippen molar-refractivity contribution in [3.63, 3.8) is 0 Å². The van der Waals surface area contributed by atoms with E-state index in [1.54, 1.807) is 24.3 Å². The predicted octanol–water partition coefficient (Wildman–Crippen LogP) is 2.52. The Labute approximate surface area is 164 Å². The van der Waals surface area contributed by atoms with Crippen molar-refractivity contribution in [2.75, 3.05) is 5.32 Å². The van der Waals surface area contributed by atoms with Crippen molar-refractivity contribution in [1.29, 1.82) is 0 Å². The highest BCUT2D eigenvalue weighted by atomic mass is 32.1. The minimum absolute atomic E-state index is 0.274. The first kappa shape index (κ1) is 17.8. The molecular formula is C19H15N5O3S. The summed E-state index contributed by atoms with van der Waals surface area (Å²) >= 11 is 1.16. The van der Waals surface area contributed by atoms with E-state index in [2.05, 4.69) is 20.8 Å². The number of hydrogen-bond acceptors (Lipinski definition) is 6. The largest absolute Gasteiger partial charge is 0.322 e. The molecule has 2 aromatic carbocycles. The summed E-state index contributed by atoms with van der Waals surface area (Å²) in [5, 5.41) is 13.0. The molecule has 1 aliphatic heterocycles. The van der Waals surface area contributed by atoms with Crippen LogP contribution in [0.2, 0.25) is 0 Å². The third kappa shape index (κ3) is 3.47. The Morgan fingerprint density at radius 1 is 1.00 bits per heavy atom. The summed E-state index contributed by atoms with van der Waals surface area (Å²) in [7, 11) is 0. The van der Waals surface area contributed by atoms with Gasteiger partial charge in [-0.25, -0.2) is 4.79 Å². The molecule has 2 N–H and O–H groups in total. The van der Waals surface area contributed by atoms with Crippen molar-refractivity contribution >= 4 is 34.3 Å². The van der Waals surface area contributed by atoms with E-state index in [9.17, 15) is 14.4 Å². The summed E-state index contributed by atoms with van der Waals surface area (Å²) in [4.78, 5) is 39.2. The van der Waals surface area contributed by atoms with Gasteiger partial charge in [0.15, 0.2) is 0 Å². The van der Waals surface area contributed by atoms with Gasteiger partial charge >= 0.3 is 6.03 Å². The first-order valence-electron chi connectivity index (χ1n) is 8.48. The maximum absolute atomic E-state index is 12.9. The zero-order valence-electron chi connectivity index (χ0n) is 14.5. The molecule has 0 saturated carbocycles. The number of rotatable bonds is 5. The number of carbonyl (C=O) groups is 3. The number of amides is 4. The number of aromatic nitrogens is 2. The van der Waals surface area contributed by atoms with Gasteiger partial charge in [-0.1, -0.05) is 53.8 Å². The summed E-state index contributed by atoms with van der Waals surface area (Å²) in [5.74, 6) is -0.865. The Bertz CT molecular complexity index is 988. The fraction of sp³-hybridized carbons (Fsp3) is 0.105. The van der Waals surface area contributed by atoms with Crippen LogP contribution in [0.3, 0.4) is 0 Å². The van der Waals surface area contributed by atoms with Crippen molar-refractivity contribution in [2.24, 2.45) is 0 Å². The second-order valence-electron chi connectivity index (χ2n) is 6.07. The summed E-state index contributed by atoms with van der Waals surface area (Å²) in [5.41, 5.74) is 3.02. The lowest BCUT2D eigenvalue weighted by Gasteiger charge is -2.27. The molecule has 3 aromatic rings. The molecule has 0 fully saturated rings. The quantitative estimate of drug-likeness (QED) is 0.648. The molecule has 140 valence electrons. The second kappa shape index (κ2) is 7.57. The van der Waals surface area contributed by atoms with Crippen LogP contribution in [0.25, 0.3) is 0 Å². The number of hydrogen-bond donors (Lipinski definition) is 2. The predicted molar refractivity (Wildman–Crippen MR) is 103 cm³/mol. The van der Waals surface area contributed by atoms with Crippen LogP contribution >= 0.6 is 11.3 Å². The van der Waals surface area contributed by atoms with Crippen molar-refractivity contribution in [2.45, 2.75) is 12.6 Å². The molecule has 9 heteroatoms. The van der Waals surface area contributed by atoms with E-state index >= 15 is 0 Å². The number of carbonyl (C=O) groups excluding carboxylic acids is 3. The highest BCUT2D eigenvalue weighted by Gasteiger charge is 2.40. The average Bonchev–Trinajstić information content (AvgIpc) is 3.29. The lowest BCUT2D eigenvalue weighted by atomic mass is 10.1. The number of nitrogens with one attached hydrogen (secondary N) is 2. The number of nitrogens with zero attached hydrogens (tertiary/aromatic N) is 3. The zero-order valence-corrected chi connectivity index (χ0v) is 15.3. The van der Waals surface area contributed by atoms with Crippen LogP contribution in [-0.2, 0) is 6.42 Å². The van der Waals surface area contributed by atoms with Gasteiger partial charge in [0.2, 0.25) is 5.13 Å². The van der Waals surface area contributed by atoms with Crippen LogP contribution in [0.5, 0.6) is 0 Å². The minimum Gasteiger partial charge on any atom is -0.317 e. The van der Waals surface area contributed by atoms with E-state index in [4.69, 9.17) is 0 Å². The van der Waals surface area contributed by atoms with Crippen LogP contribution in [0, 0.1) is 0 Å². The SMILES string of the molecule is O=C(Nc1nncs1)NC(Cc1ccccc1)N1C(=O)c2ccccc2C1=O. The highest BCUT2D eigenvalue weighted by Crippen LogP contribution is 2.25. The monoisotopic (exact) mass is 393 g/mol. The Morgan fingerprint density at radius 3 is 2.25 bits per heavy atom. The molecule has 1 unspecified atom stereocenters. The van der Waals surface area contributed by atoms with Gasteiger partial charge in [0.05, 0.1) is 11.1 Å². The Balaban J connectivity index is 1.60. The molecule has 0 saturated heterocycles. The van der Waals surface area contributed by atoms with Gasteiger partial charge in [0.1, 0.15) is 11.7 Å². The third-order valence-corrected chi connectivity index (χ3v) is 4.89. The maximum Gasteiger partial charge on any atom is 0.322 e.